The second kappa shape index (κ2) is 10.1. The first-order valence-corrected chi connectivity index (χ1v) is 10.4. The molecule has 2 aromatic carbocycles. The molecule has 0 aliphatic carbocycles. The first kappa shape index (κ1) is 20.8. The Morgan fingerprint density at radius 3 is 2.00 bits per heavy atom. The van der Waals surface area contributed by atoms with Crippen molar-refractivity contribution >= 4 is 23.2 Å². The molecule has 0 bridgehead atoms. The van der Waals surface area contributed by atoms with Crippen LogP contribution in [0, 0.1) is 0 Å². The minimum absolute atomic E-state index is 0.0537. The molecule has 1 aromatic heterocycles. The molecule has 1 aliphatic heterocycles. The Kier molecular flexibility index (Phi) is 6.76. The van der Waals surface area contributed by atoms with Crippen LogP contribution in [0.4, 0.5) is 11.4 Å². The number of hydrogen-bond donors (Lipinski definition) is 2. The Morgan fingerprint density at radius 1 is 0.806 bits per heavy atom. The number of rotatable bonds is 7. The van der Waals surface area contributed by atoms with Crippen LogP contribution < -0.4 is 10.6 Å². The lowest BCUT2D eigenvalue weighted by molar-refractivity contribution is -0.118. The summed E-state index contributed by atoms with van der Waals surface area (Å²) in [6.07, 6.45) is 4.26. The molecule has 1 aliphatic rings. The molecule has 1 fully saturated rings. The maximum Gasteiger partial charge on any atom is 0.238 e. The predicted octanol–water partition coefficient (Wildman–Crippen LogP) is 2.93. The molecule has 2 amide bonds. The van der Waals surface area contributed by atoms with Crippen LogP contribution in [0.1, 0.15) is 5.56 Å². The van der Waals surface area contributed by atoms with E-state index in [2.05, 4.69) is 15.5 Å². The average Bonchev–Trinajstić information content (AvgIpc) is 3.31. The van der Waals surface area contributed by atoms with Gasteiger partial charge in [0.2, 0.25) is 11.8 Å². The maximum atomic E-state index is 12.4. The maximum absolute atomic E-state index is 12.4. The second-order valence-corrected chi connectivity index (χ2v) is 7.50. The van der Waals surface area contributed by atoms with Crippen molar-refractivity contribution in [2.75, 3.05) is 43.5 Å². The summed E-state index contributed by atoms with van der Waals surface area (Å²) in [6.45, 7) is 3.23. The van der Waals surface area contributed by atoms with Crippen LogP contribution in [0.3, 0.4) is 0 Å². The third kappa shape index (κ3) is 6.04. The summed E-state index contributed by atoms with van der Waals surface area (Å²) in [5, 5.41) is 5.79. The first-order chi connectivity index (χ1) is 15.2. The van der Waals surface area contributed by atoms with E-state index >= 15 is 0 Å². The van der Waals surface area contributed by atoms with Crippen molar-refractivity contribution in [1.82, 2.24) is 9.47 Å². The molecule has 0 atom stereocenters. The van der Waals surface area contributed by atoms with Gasteiger partial charge in [0, 0.05) is 42.5 Å². The SMILES string of the molecule is O=C(Cc1ccc(-n2cccc2)cc1)Nc1ccc(NC(=O)CN2CCOCC2)cc1. The van der Waals surface area contributed by atoms with E-state index in [0.29, 0.717) is 37.6 Å². The zero-order chi connectivity index (χ0) is 21.5. The van der Waals surface area contributed by atoms with E-state index in [4.69, 9.17) is 4.74 Å². The topological polar surface area (TPSA) is 75.6 Å². The smallest absolute Gasteiger partial charge is 0.238 e. The van der Waals surface area contributed by atoms with Gasteiger partial charge in [0.05, 0.1) is 26.2 Å². The van der Waals surface area contributed by atoms with E-state index in [1.165, 1.54) is 0 Å². The molecule has 0 radical (unpaired) electrons. The van der Waals surface area contributed by atoms with Crippen LogP contribution in [0.15, 0.2) is 73.1 Å². The number of anilines is 2. The summed E-state index contributed by atoms with van der Waals surface area (Å²) >= 11 is 0. The first-order valence-electron chi connectivity index (χ1n) is 10.4. The molecule has 31 heavy (non-hydrogen) atoms. The number of nitrogens with zero attached hydrogens (tertiary/aromatic N) is 2. The van der Waals surface area contributed by atoms with E-state index in [1.807, 2.05) is 53.4 Å². The lowest BCUT2D eigenvalue weighted by Crippen LogP contribution is -2.41. The standard InChI is InChI=1S/C24H26N4O3/c29-23(17-19-3-9-22(10-4-19)28-11-1-2-12-28)25-20-5-7-21(8-6-20)26-24(30)18-27-13-15-31-16-14-27/h1-12H,13-18H2,(H,25,29)(H,26,30). The number of morpholine rings is 1. The zero-order valence-corrected chi connectivity index (χ0v) is 17.3. The molecular formula is C24H26N4O3. The van der Waals surface area contributed by atoms with Gasteiger partial charge in [-0.15, -0.1) is 0 Å². The highest BCUT2D eigenvalue weighted by atomic mass is 16.5. The van der Waals surface area contributed by atoms with E-state index in [-0.39, 0.29) is 11.8 Å². The highest BCUT2D eigenvalue weighted by Gasteiger charge is 2.14. The van der Waals surface area contributed by atoms with Crippen molar-refractivity contribution < 1.29 is 14.3 Å². The van der Waals surface area contributed by atoms with Gasteiger partial charge in [-0.05, 0) is 54.1 Å². The van der Waals surface area contributed by atoms with Gasteiger partial charge in [0.1, 0.15) is 0 Å². The normalized spacial score (nSPS) is 14.2. The van der Waals surface area contributed by atoms with Gasteiger partial charge in [0.15, 0.2) is 0 Å². The molecule has 0 spiro atoms. The van der Waals surface area contributed by atoms with Crippen LogP contribution in [0.2, 0.25) is 0 Å². The van der Waals surface area contributed by atoms with Gasteiger partial charge >= 0.3 is 0 Å². The van der Waals surface area contributed by atoms with Crippen molar-refractivity contribution in [2.24, 2.45) is 0 Å². The van der Waals surface area contributed by atoms with E-state index < -0.39 is 0 Å². The average molecular weight is 418 g/mol. The number of amides is 2. The van der Waals surface area contributed by atoms with Crippen LogP contribution in [-0.2, 0) is 20.7 Å². The molecule has 2 heterocycles. The van der Waals surface area contributed by atoms with Gasteiger partial charge in [-0.3, -0.25) is 14.5 Å². The fraction of sp³-hybridized carbons (Fsp3) is 0.250. The number of hydrogen-bond acceptors (Lipinski definition) is 4. The van der Waals surface area contributed by atoms with Crippen molar-refractivity contribution in [3.8, 4) is 5.69 Å². The largest absolute Gasteiger partial charge is 0.379 e. The van der Waals surface area contributed by atoms with E-state index in [9.17, 15) is 9.59 Å². The Balaban J connectivity index is 1.25. The van der Waals surface area contributed by atoms with Gasteiger partial charge in [-0.1, -0.05) is 12.1 Å². The Bertz CT molecular complexity index is 992. The third-order valence-electron chi connectivity index (χ3n) is 5.13. The molecule has 4 rings (SSSR count). The lowest BCUT2D eigenvalue weighted by Gasteiger charge is -2.25. The summed E-state index contributed by atoms with van der Waals surface area (Å²) in [6, 6.07) is 19.0. The predicted molar refractivity (Wildman–Crippen MR) is 120 cm³/mol. The number of nitrogens with one attached hydrogen (secondary N) is 2. The molecule has 3 aromatic rings. The summed E-state index contributed by atoms with van der Waals surface area (Å²) in [5.41, 5.74) is 3.40. The fourth-order valence-corrected chi connectivity index (χ4v) is 3.48. The van der Waals surface area contributed by atoms with Crippen molar-refractivity contribution in [3.63, 3.8) is 0 Å². The lowest BCUT2D eigenvalue weighted by atomic mass is 10.1. The number of aromatic nitrogens is 1. The summed E-state index contributed by atoms with van der Waals surface area (Å²) in [5.74, 6) is -0.139. The Hall–Kier alpha value is -3.42. The molecule has 1 saturated heterocycles. The molecule has 160 valence electrons. The van der Waals surface area contributed by atoms with Crippen LogP contribution >= 0.6 is 0 Å². The minimum atomic E-state index is -0.0854. The summed E-state index contributed by atoms with van der Waals surface area (Å²) < 4.78 is 7.31. The summed E-state index contributed by atoms with van der Waals surface area (Å²) in [7, 11) is 0. The van der Waals surface area contributed by atoms with Crippen LogP contribution in [0.5, 0.6) is 0 Å². The van der Waals surface area contributed by atoms with Gasteiger partial charge in [0.25, 0.3) is 0 Å². The van der Waals surface area contributed by atoms with E-state index in [0.717, 1.165) is 24.3 Å². The number of carbonyl (C=O) groups excluding carboxylic acids is 2. The van der Waals surface area contributed by atoms with Crippen molar-refractivity contribution in [3.05, 3.63) is 78.6 Å². The number of ether oxygens (including phenoxy) is 1. The molecule has 0 saturated carbocycles. The highest BCUT2D eigenvalue weighted by Crippen LogP contribution is 2.15. The van der Waals surface area contributed by atoms with Crippen molar-refractivity contribution in [2.45, 2.75) is 6.42 Å². The Labute approximate surface area is 181 Å². The monoisotopic (exact) mass is 418 g/mol. The zero-order valence-electron chi connectivity index (χ0n) is 17.3. The van der Waals surface area contributed by atoms with Crippen LogP contribution in [0.25, 0.3) is 5.69 Å². The minimum Gasteiger partial charge on any atom is -0.379 e. The van der Waals surface area contributed by atoms with Gasteiger partial charge in [-0.25, -0.2) is 0 Å². The number of carbonyl (C=O) groups is 2. The Morgan fingerprint density at radius 2 is 1.39 bits per heavy atom. The molecular weight excluding hydrogens is 392 g/mol. The van der Waals surface area contributed by atoms with Crippen LogP contribution in [-0.4, -0.2) is 54.1 Å². The fourth-order valence-electron chi connectivity index (χ4n) is 3.48. The quantitative estimate of drug-likeness (QED) is 0.619. The van der Waals surface area contributed by atoms with Gasteiger partial charge in [-0.2, -0.15) is 0 Å². The highest BCUT2D eigenvalue weighted by molar-refractivity contribution is 5.94. The van der Waals surface area contributed by atoms with E-state index in [1.54, 1.807) is 24.3 Å². The number of benzene rings is 2. The summed E-state index contributed by atoms with van der Waals surface area (Å²) in [4.78, 5) is 26.6. The van der Waals surface area contributed by atoms with Crippen molar-refractivity contribution in [1.29, 1.82) is 0 Å². The third-order valence-corrected chi connectivity index (χ3v) is 5.13. The second-order valence-electron chi connectivity index (χ2n) is 7.50. The molecule has 7 heteroatoms. The van der Waals surface area contributed by atoms with Gasteiger partial charge < -0.3 is 19.9 Å². The molecule has 2 N–H and O–H groups in total. The molecule has 0 unspecified atom stereocenters. The molecule has 7 nitrogen and oxygen atoms in total.